The molecule has 8 nitrogen and oxygen atoms in total. The van der Waals surface area contributed by atoms with Crippen LogP contribution in [0.3, 0.4) is 0 Å². The highest BCUT2D eigenvalue weighted by Gasteiger charge is 2.22. The van der Waals surface area contributed by atoms with Gasteiger partial charge in [-0.1, -0.05) is 47.3 Å². The largest absolute Gasteiger partial charge is 0.492 e. The van der Waals surface area contributed by atoms with Crippen molar-refractivity contribution < 1.29 is 9.53 Å². The van der Waals surface area contributed by atoms with Crippen LogP contribution in [0.15, 0.2) is 53.7 Å². The first-order valence-electron chi connectivity index (χ1n) is 13.2. The van der Waals surface area contributed by atoms with E-state index in [9.17, 15) is 9.59 Å². The SMILES string of the molecule is Cc1cc(C)cc(-c2c(OCC[C@@H]3CCC[C@H](C)N3)c3cc(C(=O)Nc4ccncn4)c(Cl)cc3[nH]c2=O)c1. The van der Waals surface area contributed by atoms with E-state index in [0.717, 1.165) is 29.5 Å². The number of pyridine rings is 1. The molecule has 0 unspecified atom stereocenters. The van der Waals surface area contributed by atoms with E-state index >= 15 is 0 Å². The van der Waals surface area contributed by atoms with Crippen LogP contribution < -0.4 is 20.9 Å². The quantitative estimate of drug-likeness (QED) is 0.270. The number of hydrogen-bond donors (Lipinski definition) is 3. The molecule has 1 fully saturated rings. The van der Waals surface area contributed by atoms with Gasteiger partial charge in [0.05, 0.1) is 28.3 Å². The lowest BCUT2D eigenvalue weighted by atomic mass is 9.97. The van der Waals surface area contributed by atoms with Gasteiger partial charge in [0.15, 0.2) is 0 Å². The molecule has 4 aromatic rings. The van der Waals surface area contributed by atoms with Crippen molar-refractivity contribution in [2.45, 2.75) is 58.5 Å². The number of carbonyl (C=O) groups is 1. The molecule has 0 radical (unpaired) electrons. The molecule has 1 saturated heterocycles. The first-order chi connectivity index (χ1) is 18.8. The van der Waals surface area contributed by atoms with E-state index in [1.54, 1.807) is 24.4 Å². The molecule has 39 heavy (non-hydrogen) atoms. The Morgan fingerprint density at radius 2 is 1.95 bits per heavy atom. The third-order valence-electron chi connectivity index (χ3n) is 7.06. The van der Waals surface area contributed by atoms with Crippen LogP contribution in [-0.4, -0.2) is 39.5 Å². The van der Waals surface area contributed by atoms with E-state index in [1.165, 1.54) is 19.2 Å². The fourth-order valence-electron chi connectivity index (χ4n) is 5.31. The first-order valence-corrected chi connectivity index (χ1v) is 13.6. The van der Waals surface area contributed by atoms with Crippen LogP contribution in [0.25, 0.3) is 22.0 Å². The van der Waals surface area contributed by atoms with E-state index in [1.807, 2.05) is 26.0 Å². The Morgan fingerprint density at radius 1 is 1.15 bits per heavy atom. The van der Waals surface area contributed by atoms with E-state index in [2.05, 4.69) is 38.6 Å². The number of anilines is 1. The zero-order valence-electron chi connectivity index (χ0n) is 22.3. The summed E-state index contributed by atoms with van der Waals surface area (Å²) in [5.41, 5.74) is 3.74. The van der Waals surface area contributed by atoms with Crippen LogP contribution in [0.2, 0.25) is 5.02 Å². The molecule has 9 heteroatoms. The summed E-state index contributed by atoms with van der Waals surface area (Å²) in [4.78, 5) is 37.5. The highest BCUT2D eigenvalue weighted by atomic mass is 35.5. The van der Waals surface area contributed by atoms with Gasteiger partial charge < -0.3 is 20.4 Å². The first kappa shape index (κ1) is 26.8. The molecule has 0 bridgehead atoms. The minimum Gasteiger partial charge on any atom is -0.492 e. The zero-order chi connectivity index (χ0) is 27.5. The minimum atomic E-state index is -0.425. The second-order valence-electron chi connectivity index (χ2n) is 10.3. The molecule has 3 N–H and O–H groups in total. The molecule has 2 aromatic carbocycles. The maximum Gasteiger partial charge on any atom is 0.260 e. The van der Waals surface area contributed by atoms with Gasteiger partial charge in [-0.15, -0.1) is 0 Å². The van der Waals surface area contributed by atoms with Crippen molar-refractivity contribution in [3.05, 3.63) is 81.0 Å². The second kappa shape index (κ2) is 11.6. The Hall–Kier alpha value is -3.75. The smallest absolute Gasteiger partial charge is 0.260 e. The molecule has 1 amide bonds. The van der Waals surface area contributed by atoms with Crippen LogP contribution in [0, 0.1) is 13.8 Å². The molecule has 5 rings (SSSR count). The van der Waals surface area contributed by atoms with E-state index < -0.39 is 5.91 Å². The lowest BCUT2D eigenvalue weighted by molar-refractivity contribution is 0.102. The maximum absolute atomic E-state index is 13.5. The number of aromatic nitrogens is 3. The molecular formula is C30H32ClN5O3. The number of nitrogens with one attached hydrogen (secondary N) is 3. The Morgan fingerprint density at radius 3 is 2.67 bits per heavy atom. The zero-order valence-corrected chi connectivity index (χ0v) is 23.1. The highest BCUT2D eigenvalue weighted by Crippen LogP contribution is 2.37. The fraction of sp³-hybridized carbons (Fsp3) is 0.333. The van der Waals surface area contributed by atoms with Gasteiger partial charge in [0.1, 0.15) is 17.9 Å². The highest BCUT2D eigenvalue weighted by molar-refractivity contribution is 6.35. The molecule has 0 spiro atoms. The molecule has 0 saturated carbocycles. The molecule has 3 heterocycles. The van der Waals surface area contributed by atoms with Crippen molar-refractivity contribution in [2.24, 2.45) is 0 Å². The van der Waals surface area contributed by atoms with Crippen LogP contribution in [0.1, 0.15) is 54.1 Å². The number of aromatic amines is 1. The van der Waals surface area contributed by atoms with Crippen molar-refractivity contribution in [3.63, 3.8) is 0 Å². The van der Waals surface area contributed by atoms with Crippen LogP contribution >= 0.6 is 11.6 Å². The van der Waals surface area contributed by atoms with Crippen molar-refractivity contribution in [2.75, 3.05) is 11.9 Å². The molecule has 1 aliphatic rings. The predicted molar refractivity (Wildman–Crippen MR) is 155 cm³/mol. The molecule has 0 aliphatic carbocycles. The topological polar surface area (TPSA) is 109 Å². The van der Waals surface area contributed by atoms with Gasteiger partial charge >= 0.3 is 0 Å². The second-order valence-corrected chi connectivity index (χ2v) is 10.7. The number of benzene rings is 2. The van der Waals surface area contributed by atoms with Crippen LogP contribution in [0.5, 0.6) is 5.75 Å². The van der Waals surface area contributed by atoms with Crippen LogP contribution in [-0.2, 0) is 0 Å². The number of hydrogen-bond acceptors (Lipinski definition) is 6. The number of piperidine rings is 1. The van der Waals surface area contributed by atoms with Crippen molar-refractivity contribution in [3.8, 4) is 16.9 Å². The van der Waals surface area contributed by atoms with E-state index in [4.69, 9.17) is 16.3 Å². The molecule has 2 atom stereocenters. The molecule has 202 valence electrons. The minimum absolute atomic E-state index is 0.204. The van der Waals surface area contributed by atoms with Gasteiger partial charge in [-0.3, -0.25) is 9.59 Å². The third kappa shape index (κ3) is 6.13. The normalized spacial score (nSPS) is 17.2. The van der Waals surface area contributed by atoms with Gasteiger partial charge in [-0.05, 0) is 63.8 Å². The summed E-state index contributed by atoms with van der Waals surface area (Å²) in [6, 6.07) is 11.7. The third-order valence-corrected chi connectivity index (χ3v) is 7.37. The van der Waals surface area contributed by atoms with Crippen molar-refractivity contribution >= 4 is 34.2 Å². The molecule has 1 aliphatic heterocycles. The average molecular weight is 546 g/mol. The van der Waals surface area contributed by atoms with E-state index in [0.29, 0.717) is 46.7 Å². The number of rotatable bonds is 7. The summed E-state index contributed by atoms with van der Waals surface area (Å²) in [5, 5.41) is 7.20. The van der Waals surface area contributed by atoms with Crippen molar-refractivity contribution in [1.29, 1.82) is 0 Å². The Kier molecular flexibility index (Phi) is 7.95. The summed E-state index contributed by atoms with van der Waals surface area (Å²) in [6.07, 6.45) is 7.15. The number of H-pyrrole nitrogens is 1. The fourth-order valence-corrected chi connectivity index (χ4v) is 5.56. The van der Waals surface area contributed by atoms with Gasteiger partial charge in [0.2, 0.25) is 0 Å². The number of amides is 1. The summed E-state index contributed by atoms with van der Waals surface area (Å²) < 4.78 is 6.44. The number of fused-ring (bicyclic) bond motifs is 1. The number of ether oxygens (including phenoxy) is 1. The van der Waals surface area contributed by atoms with Gasteiger partial charge in [-0.25, -0.2) is 9.97 Å². The van der Waals surface area contributed by atoms with Gasteiger partial charge in [0.25, 0.3) is 11.5 Å². The Balaban J connectivity index is 1.59. The summed E-state index contributed by atoms with van der Waals surface area (Å²) in [5.74, 6) is 0.371. The number of halogens is 1. The summed E-state index contributed by atoms with van der Waals surface area (Å²) in [7, 11) is 0. The Bertz CT molecular complexity index is 1550. The van der Waals surface area contributed by atoms with Gasteiger partial charge in [-0.2, -0.15) is 0 Å². The summed E-state index contributed by atoms with van der Waals surface area (Å²) in [6.45, 7) is 6.62. The van der Waals surface area contributed by atoms with E-state index in [-0.39, 0.29) is 16.1 Å². The lowest BCUT2D eigenvalue weighted by Crippen LogP contribution is -2.41. The van der Waals surface area contributed by atoms with Crippen LogP contribution in [0.4, 0.5) is 5.82 Å². The number of aryl methyl sites for hydroxylation is 2. The molecular weight excluding hydrogens is 514 g/mol. The predicted octanol–water partition coefficient (Wildman–Crippen LogP) is 5.81. The lowest BCUT2D eigenvalue weighted by Gasteiger charge is -2.28. The monoisotopic (exact) mass is 545 g/mol. The number of carbonyl (C=O) groups excluding carboxylic acids is 1. The number of nitrogens with zero attached hydrogens (tertiary/aromatic N) is 2. The molecule has 2 aromatic heterocycles. The summed E-state index contributed by atoms with van der Waals surface area (Å²) >= 11 is 6.52. The standard InChI is InChI=1S/C30H32ClN5O3/c1-17-11-18(2)13-20(12-17)27-28(39-10-8-21-6-4-5-19(3)34-21)23-14-22(24(31)15-25(23)35-30(27)38)29(37)36-26-7-9-32-16-33-26/h7,9,11-16,19,21,34H,4-6,8,10H2,1-3H3,(H,35,38)(H,32,33,36,37)/t19-,21-/m0/s1. The average Bonchev–Trinajstić information content (AvgIpc) is 2.88. The maximum atomic E-state index is 13.5. The Labute approximate surface area is 232 Å². The van der Waals surface area contributed by atoms with Crippen molar-refractivity contribution in [1.82, 2.24) is 20.3 Å². The van der Waals surface area contributed by atoms with Gasteiger partial charge in [0, 0.05) is 23.7 Å².